The van der Waals surface area contributed by atoms with Crippen molar-refractivity contribution < 1.29 is 0 Å². The van der Waals surface area contributed by atoms with E-state index < -0.39 is 0 Å². The van der Waals surface area contributed by atoms with E-state index in [0.717, 1.165) is 31.0 Å². The summed E-state index contributed by atoms with van der Waals surface area (Å²) in [4.78, 5) is 2.29. The van der Waals surface area contributed by atoms with Crippen molar-refractivity contribution in [3.8, 4) is 0 Å². The average Bonchev–Trinajstić information content (AvgIpc) is 2.14. The zero-order chi connectivity index (χ0) is 13.1. The molecule has 1 aliphatic rings. The van der Waals surface area contributed by atoms with Gasteiger partial charge in [-0.3, -0.25) is 0 Å². The van der Waals surface area contributed by atoms with E-state index in [1.807, 2.05) is 0 Å². The lowest BCUT2D eigenvalue weighted by Crippen LogP contribution is -2.48. The van der Waals surface area contributed by atoms with Crippen molar-refractivity contribution in [3.63, 3.8) is 0 Å². The Morgan fingerprint density at radius 2 is 1.65 bits per heavy atom. The standard InChI is InChI=1S/C15H32N2/c1-12-8-7-9-13(2)14(12)16-10-15(3,4)11-17(5)6/h12-14,16H,7-11H2,1-6H3. The fraction of sp³-hybridized carbons (Fsp3) is 1.00. The zero-order valence-corrected chi connectivity index (χ0v) is 12.7. The highest BCUT2D eigenvalue weighted by Crippen LogP contribution is 2.29. The van der Waals surface area contributed by atoms with Crippen LogP contribution in [0.25, 0.3) is 0 Å². The third kappa shape index (κ3) is 4.97. The maximum atomic E-state index is 3.84. The van der Waals surface area contributed by atoms with E-state index >= 15 is 0 Å². The molecule has 1 saturated carbocycles. The van der Waals surface area contributed by atoms with Gasteiger partial charge in [0.15, 0.2) is 0 Å². The molecule has 0 aromatic heterocycles. The van der Waals surface area contributed by atoms with Gasteiger partial charge in [0, 0.05) is 19.1 Å². The molecule has 102 valence electrons. The van der Waals surface area contributed by atoms with Crippen molar-refractivity contribution in [2.45, 2.75) is 53.0 Å². The summed E-state index contributed by atoms with van der Waals surface area (Å²) in [5.41, 5.74) is 0.361. The van der Waals surface area contributed by atoms with Crippen molar-refractivity contribution in [2.75, 3.05) is 27.2 Å². The van der Waals surface area contributed by atoms with Crippen LogP contribution in [0.5, 0.6) is 0 Å². The van der Waals surface area contributed by atoms with Gasteiger partial charge in [-0.2, -0.15) is 0 Å². The molecule has 1 N–H and O–H groups in total. The van der Waals surface area contributed by atoms with Crippen LogP contribution >= 0.6 is 0 Å². The fourth-order valence-electron chi connectivity index (χ4n) is 3.39. The normalized spacial score (nSPS) is 30.9. The maximum Gasteiger partial charge on any atom is 0.0118 e. The highest BCUT2D eigenvalue weighted by molar-refractivity contribution is 4.85. The van der Waals surface area contributed by atoms with Crippen LogP contribution < -0.4 is 5.32 Å². The third-order valence-corrected chi connectivity index (χ3v) is 4.11. The first-order valence-electron chi connectivity index (χ1n) is 7.20. The van der Waals surface area contributed by atoms with Gasteiger partial charge in [0.2, 0.25) is 0 Å². The van der Waals surface area contributed by atoms with Crippen LogP contribution in [0.15, 0.2) is 0 Å². The van der Waals surface area contributed by atoms with Gasteiger partial charge in [-0.05, 0) is 44.2 Å². The van der Waals surface area contributed by atoms with Gasteiger partial charge in [0.05, 0.1) is 0 Å². The van der Waals surface area contributed by atoms with Gasteiger partial charge < -0.3 is 10.2 Å². The first-order chi connectivity index (χ1) is 7.82. The maximum absolute atomic E-state index is 3.84. The van der Waals surface area contributed by atoms with Gasteiger partial charge in [-0.25, -0.2) is 0 Å². The molecule has 0 amide bonds. The highest BCUT2D eigenvalue weighted by atomic mass is 15.1. The zero-order valence-electron chi connectivity index (χ0n) is 12.7. The van der Waals surface area contributed by atoms with Crippen molar-refractivity contribution in [1.82, 2.24) is 10.2 Å². The first kappa shape index (κ1) is 15.0. The Morgan fingerprint density at radius 3 is 2.12 bits per heavy atom. The molecule has 1 fully saturated rings. The van der Waals surface area contributed by atoms with E-state index in [4.69, 9.17) is 0 Å². The Morgan fingerprint density at radius 1 is 1.12 bits per heavy atom. The lowest BCUT2D eigenvalue weighted by molar-refractivity contribution is 0.168. The summed E-state index contributed by atoms with van der Waals surface area (Å²) in [6.45, 7) is 11.8. The number of nitrogens with zero attached hydrogens (tertiary/aromatic N) is 1. The quantitative estimate of drug-likeness (QED) is 0.795. The minimum Gasteiger partial charge on any atom is -0.313 e. The molecular formula is C15H32N2. The molecule has 0 radical (unpaired) electrons. The molecule has 1 aliphatic carbocycles. The molecular weight excluding hydrogens is 208 g/mol. The molecule has 1 rings (SSSR count). The molecule has 0 bridgehead atoms. The SMILES string of the molecule is CC1CCCC(C)C1NCC(C)(C)CN(C)C. The number of hydrogen-bond donors (Lipinski definition) is 1. The Balaban J connectivity index is 2.42. The number of hydrogen-bond acceptors (Lipinski definition) is 2. The lowest BCUT2D eigenvalue weighted by atomic mass is 9.78. The van der Waals surface area contributed by atoms with Crippen molar-refractivity contribution in [2.24, 2.45) is 17.3 Å². The summed E-state index contributed by atoms with van der Waals surface area (Å²) in [5, 5.41) is 3.84. The molecule has 0 aromatic carbocycles. The van der Waals surface area contributed by atoms with E-state index in [9.17, 15) is 0 Å². The summed E-state index contributed by atoms with van der Waals surface area (Å²) >= 11 is 0. The van der Waals surface area contributed by atoms with E-state index in [2.05, 4.69) is 52.0 Å². The Bertz CT molecular complexity index is 213. The summed E-state index contributed by atoms with van der Waals surface area (Å²) in [6, 6.07) is 0.727. The Hall–Kier alpha value is -0.0800. The smallest absolute Gasteiger partial charge is 0.0118 e. The van der Waals surface area contributed by atoms with Gasteiger partial charge in [0.25, 0.3) is 0 Å². The molecule has 0 saturated heterocycles. The van der Waals surface area contributed by atoms with Crippen LogP contribution in [-0.2, 0) is 0 Å². The largest absolute Gasteiger partial charge is 0.313 e. The number of nitrogens with one attached hydrogen (secondary N) is 1. The Kier molecular flexibility index (Phi) is 5.46. The molecule has 2 unspecified atom stereocenters. The predicted octanol–water partition coefficient (Wildman–Crippen LogP) is 2.99. The van der Waals surface area contributed by atoms with E-state index in [-0.39, 0.29) is 0 Å². The summed E-state index contributed by atoms with van der Waals surface area (Å²) in [7, 11) is 4.32. The van der Waals surface area contributed by atoms with Crippen LogP contribution in [0.4, 0.5) is 0 Å². The van der Waals surface area contributed by atoms with E-state index in [1.165, 1.54) is 19.3 Å². The van der Waals surface area contributed by atoms with Crippen molar-refractivity contribution in [3.05, 3.63) is 0 Å². The topological polar surface area (TPSA) is 15.3 Å². The van der Waals surface area contributed by atoms with Crippen LogP contribution in [0.1, 0.15) is 47.0 Å². The summed E-state index contributed by atoms with van der Waals surface area (Å²) < 4.78 is 0. The highest BCUT2D eigenvalue weighted by Gasteiger charge is 2.29. The molecule has 0 spiro atoms. The molecule has 17 heavy (non-hydrogen) atoms. The first-order valence-corrected chi connectivity index (χ1v) is 7.20. The monoisotopic (exact) mass is 240 g/mol. The summed E-state index contributed by atoms with van der Waals surface area (Å²) in [5.74, 6) is 1.68. The fourth-order valence-corrected chi connectivity index (χ4v) is 3.39. The van der Waals surface area contributed by atoms with Gasteiger partial charge >= 0.3 is 0 Å². The molecule has 2 nitrogen and oxygen atoms in total. The molecule has 2 atom stereocenters. The van der Waals surface area contributed by atoms with Crippen LogP contribution in [0.3, 0.4) is 0 Å². The summed E-state index contributed by atoms with van der Waals surface area (Å²) in [6.07, 6.45) is 4.22. The second-order valence-electron chi connectivity index (χ2n) is 7.19. The predicted molar refractivity (Wildman–Crippen MR) is 76.3 cm³/mol. The van der Waals surface area contributed by atoms with Crippen LogP contribution in [-0.4, -0.2) is 38.1 Å². The average molecular weight is 240 g/mol. The second-order valence-corrected chi connectivity index (χ2v) is 7.19. The lowest BCUT2D eigenvalue weighted by Gasteiger charge is -2.38. The van der Waals surface area contributed by atoms with E-state index in [1.54, 1.807) is 0 Å². The minimum atomic E-state index is 0.361. The molecule has 0 heterocycles. The van der Waals surface area contributed by atoms with Crippen molar-refractivity contribution >= 4 is 0 Å². The van der Waals surface area contributed by atoms with Crippen molar-refractivity contribution in [1.29, 1.82) is 0 Å². The third-order valence-electron chi connectivity index (χ3n) is 4.11. The molecule has 0 aliphatic heterocycles. The molecule has 2 heteroatoms. The van der Waals surface area contributed by atoms with Gasteiger partial charge in [-0.15, -0.1) is 0 Å². The second kappa shape index (κ2) is 6.19. The molecule has 0 aromatic rings. The number of rotatable bonds is 5. The van der Waals surface area contributed by atoms with E-state index in [0.29, 0.717) is 5.41 Å². The van der Waals surface area contributed by atoms with Gasteiger partial charge in [-0.1, -0.05) is 34.1 Å². The van der Waals surface area contributed by atoms with Gasteiger partial charge in [0.1, 0.15) is 0 Å². The van der Waals surface area contributed by atoms with Crippen LogP contribution in [0.2, 0.25) is 0 Å². The minimum absolute atomic E-state index is 0.361. The Labute approximate surface area is 108 Å². The van der Waals surface area contributed by atoms with Crippen LogP contribution in [0, 0.1) is 17.3 Å².